The molecule has 1 aromatic rings. The fourth-order valence-electron chi connectivity index (χ4n) is 2.64. The van der Waals surface area contributed by atoms with Crippen LogP contribution in [0.2, 0.25) is 0 Å². The minimum Gasteiger partial charge on any atom is -0.508 e. The number of likely N-dealkylation sites (tertiary alicyclic amines) is 1. The molecule has 0 unspecified atom stereocenters. The van der Waals surface area contributed by atoms with E-state index in [0.29, 0.717) is 30.2 Å². The van der Waals surface area contributed by atoms with E-state index in [0.717, 1.165) is 5.69 Å². The minimum atomic E-state index is -3.25. The van der Waals surface area contributed by atoms with Crippen LogP contribution in [-0.2, 0) is 10.0 Å². The Labute approximate surface area is 152 Å². The maximum atomic E-state index is 12.1. The highest BCUT2D eigenvalue weighted by molar-refractivity contribution is 7.89. The second-order valence-electron chi connectivity index (χ2n) is 6.41. The van der Waals surface area contributed by atoms with E-state index in [1.807, 2.05) is 10.2 Å². The van der Waals surface area contributed by atoms with Crippen LogP contribution in [0.15, 0.2) is 52.9 Å². The molecule has 9 heteroatoms. The molecular formula is C17H22N5O3S+. The van der Waals surface area contributed by atoms with E-state index in [9.17, 15) is 13.5 Å². The molecule has 1 fully saturated rings. The number of nitrogens with two attached hydrogens (primary N) is 1. The first-order valence-corrected chi connectivity index (χ1v) is 9.63. The number of nitrogens with zero attached hydrogens (tertiary/aromatic N) is 3. The Balaban J connectivity index is 1.61. The highest BCUT2D eigenvalue weighted by Gasteiger charge is 2.39. The fraction of sp³-hybridized carbons (Fsp3) is 0.294. The average Bonchev–Trinajstić information content (AvgIpc) is 2.54. The maximum Gasteiger partial charge on any atom is 0.219 e. The van der Waals surface area contributed by atoms with Crippen LogP contribution < -0.4 is 5.32 Å². The van der Waals surface area contributed by atoms with Crippen molar-refractivity contribution in [3.8, 4) is 5.75 Å². The molecule has 8 nitrogen and oxygen atoms in total. The van der Waals surface area contributed by atoms with E-state index in [4.69, 9.17) is 5.41 Å². The largest absolute Gasteiger partial charge is 0.508 e. The van der Waals surface area contributed by atoms with Gasteiger partial charge in [-0.1, -0.05) is 0 Å². The van der Waals surface area contributed by atoms with Crippen molar-refractivity contribution in [1.29, 1.82) is 5.41 Å². The molecule has 138 valence electrons. The molecule has 0 bridgehead atoms. The van der Waals surface area contributed by atoms with Crippen molar-refractivity contribution >= 4 is 27.6 Å². The highest BCUT2D eigenvalue weighted by atomic mass is 32.2. The molecule has 0 spiro atoms. The van der Waals surface area contributed by atoms with E-state index in [1.165, 1.54) is 18.4 Å². The predicted octanol–water partition coefficient (Wildman–Crippen LogP) is -0.00783. The van der Waals surface area contributed by atoms with Crippen LogP contribution in [0.5, 0.6) is 5.75 Å². The quantitative estimate of drug-likeness (QED) is 0.495. The summed E-state index contributed by atoms with van der Waals surface area (Å²) in [6.45, 7) is 0.769. The third-order valence-corrected chi connectivity index (χ3v) is 6.53. The van der Waals surface area contributed by atoms with E-state index in [1.54, 1.807) is 42.8 Å². The predicted molar refractivity (Wildman–Crippen MR) is 100 cm³/mol. The van der Waals surface area contributed by atoms with Gasteiger partial charge in [0.15, 0.2) is 0 Å². The van der Waals surface area contributed by atoms with Gasteiger partial charge in [0.1, 0.15) is 28.7 Å². The Kier molecular flexibility index (Phi) is 4.94. The Bertz CT molecular complexity index is 895. The molecule has 2 aliphatic rings. The molecule has 3 rings (SSSR count). The lowest BCUT2D eigenvalue weighted by Crippen LogP contribution is -2.71. The lowest BCUT2D eigenvalue weighted by molar-refractivity contribution is -0.496. The van der Waals surface area contributed by atoms with Crippen molar-refractivity contribution in [3.05, 3.63) is 47.9 Å². The Morgan fingerprint density at radius 3 is 2.54 bits per heavy atom. The number of aliphatic imine (C=N–C) groups is 1. The monoisotopic (exact) mass is 376 g/mol. The van der Waals surface area contributed by atoms with Gasteiger partial charge >= 0.3 is 0 Å². The molecule has 4 N–H and O–H groups in total. The van der Waals surface area contributed by atoms with Crippen LogP contribution in [0.4, 0.5) is 5.69 Å². The first-order valence-electron chi connectivity index (χ1n) is 8.12. The fourth-order valence-corrected chi connectivity index (χ4v) is 3.98. The summed E-state index contributed by atoms with van der Waals surface area (Å²) in [7, 11) is -0.183. The highest BCUT2D eigenvalue weighted by Crippen LogP contribution is 2.24. The zero-order valence-electron chi connectivity index (χ0n) is 14.6. The molecule has 1 saturated heterocycles. The number of aromatic hydroxyl groups is 1. The topological polar surface area (TPSA) is 114 Å². The van der Waals surface area contributed by atoms with Crippen molar-refractivity contribution < 1.29 is 18.8 Å². The number of allylic oxidation sites excluding steroid dienone is 2. The molecule has 0 radical (unpaired) electrons. The summed E-state index contributed by atoms with van der Waals surface area (Å²) >= 11 is 0. The zero-order valence-corrected chi connectivity index (χ0v) is 15.4. The normalized spacial score (nSPS) is 19.8. The zero-order chi connectivity index (χ0) is 18.9. The number of hydrogen-bond donors (Lipinski definition) is 3. The van der Waals surface area contributed by atoms with E-state index >= 15 is 0 Å². The van der Waals surface area contributed by atoms with E-state index < -0.39 is 15.3 Å². The van der Waals surface area contributed by atoms with Gasteiger partial charge in [0.05, 0.1) is 11.3 Å². The molecule has 2 heterocycles. The molecule has 0 amide bonds. The molecule has 26 heavy (non-hydrogen) atoms. The minimum absolute atomic E-state index is 0.207. The summed E-state index contributed by atoms with van der Waals surface area (Å²) in [4.78, 5) is 6.21. The van der Waals surface area contributed by atoms with Crippen LogP contribution in [0, 0.1) is 5.41 Å². The number of rotatable bonds is 5. The number of nitrogens with one attached hydrogen (secondary N) is 1. The Hall–Kier alpha value is -2.49. The Morgan fingerprint density at radius 2 is 1.96 bits per heavy atom. The molecular weight excluding hydrogens is 354 g/mol. The first kappa shape index (κ1) is 18.3. The van der Waals surface area contributed by atoms with Gasteiger partial charge in [0.2, 0.25) is 10.0 Å². The van der Waals surface area contributed by atoms with Crippen molar-refractivity contribution in [1.82, 2.24) is 9.21 Å². The standard InChI is InChI=1S/C17H21N5O3S/c1-21(2)26(24,25)15-10-22(11-15)17-7-16(18)12(9-20-17)8-19-13-3-5-14(23)6-4-13/h3-9,15,18-19,23H,10-11H2,1-2H3/p+1/b12-8-,18-16?. The van der Waals surface area contributed by atoms with Crippen molar-refractivity contribution in [2.24, 2.45) is 4.99 Å². The molecule has 0 saturated carbocycles. The molecule has 2 aliphatic heterocycles. The lowest BCUT2D eigenvalue weighted by atomic mass is 10.1. The second kappa shape index (κ2) is 7.02. The van der Waals surface area contributed by atoms with Gasteiger partial charge in [0.25, 0.3) is 0 Å². The van der Waals surface area contributed by atoms with Crippen LogP contribution in [0.1, 0.15) is 0 Å². The molecule has 0 atom stereocenters. The number of phenolic OH excluding ortho intramolecular Hbond substituents is 1. The SMILES string of the molecule is CN(C)S(=O)(=O)C1CN(C2=CC(=N)/C(=C\[NH2+]c3ccc(O)cc3)C=N2)C1. The summed E-state index contributed by atoms with van der Waals surface area (Å²) in [5, 5.41) is 18.9. The van der Waals surface area contributed by atoms with Crippen molar-refractivity contribution in [2.45, 2.75) is 5.25 Å². The summed E-state index contributed by atoms with van der Waals surface area (Å²) in [5.41, 5.74) is 1.90. The Morgan fingerprint density at radius 1 is 1.31 bits per heavy atom. The third-order valence-electron chi connectivity index (χ3n) is 4.37. The molecule has 1 aromatic carbocycles. The summed E-state index contributed by atoms with van der Waals surface area (Å²) in [5.74, 6) is 0.820. The van der Waals surface area contributed by atoms with Crippen LogP contribution in [0.25, 0.3) is 0 Å². The number of hydrogen-bond acceptors (Lipinski definition) is 6. The van der Waals surface area contributed by atoms with Gasteiger partial charge in [-0.3, -0.25) is 10.7 Å². The van der Waals surface area contributed by atoms with Crippen molar-refractivity contribution in [3.63, 3.8) is 0 Å². The first-order chi connectivity index (χ1) is 12.3. The van der Waals surface area contributed by atoms with Gasteiger partial charge in [0, 0.05) is 51.6 Å². The van der Waals surface area contributed by atoms with Gasteiger partial charge in [-0.25, -0.2) is 17.7 Å². The summed E-state index contributed by atoms with van der Waals surface area (Å²) in [6, 6.07) is 6.76. The van der Waals surface area contributed by atoms with Crippen LogP contribution in [0.3, 0.4) is 0 Å². The second-order valence-corrected chi connectivity index (χ2v) is 8.84. The molecule has 0 aliphatic carbocycles. The van der Waals surface area contributed by atoms with Gasteiger partial charge < -0.3 is 10.0 Å². The van der Waals surface area contributed by atoms with Crippen molar-refractivity contribution in [2.75, 3.05) is 27.2 Å². The number of phenols is 1. The smallest absolute Gasteiger partial charge is 0.219 e. The van der Waals surface area contributed by atoms with E-state index in [-0.39, 0.29) is 5.75 Å². The number of benzene rings is 1. The number of quaternary nitrogens is 1. The summed E-state index contributed by atoms with van der Waals surface area (Å²) in [6.07, 6.45) is 5.05. The number of sulfonamides is 1. The maximum absolute atomic E-state index is 12.1. The lowest BCUT2D eigenvalue weighted by Gasteiger charge is -2.41. The average molecular weight is 376 g/mol. The van der Waals surface area contributed by atoms with Crippen LogP contribution in [-0.4, -0.2) is 67.1 Å². The third kappa shape index (κ3) is 3.69. The van der Waals surface area contributed by atoms with Gasteiger partial charge in [-0.2, -0.15) is 0 Å². The van der Waals surface area contributed by atoms with Gasteiger partial charge in [-0.15, -0.1) is 0 Å². The molecule has 0 aromatic heterocycles. The summed E-state index contributed by atoms with van der Waals surface area (Å²) < 4.78 is 25.4. The van der Waals surface area contributed by atoms with Gasteiger partial charge in [-0.05, 0) is 12.1 Å². The van der Waals surface area contributed by atoms with E-state index in [2.05, 4.69) is 4.99 Å². The van der Waals surface area contributed by atoms with Crippen LogP contribution >= 0.6 is 0 Å².